The van der Waals surface area contributed by atoms with Crippen LogP contribution in [-0.2, 0) is 11.8 Å². The molecule has 1 aromatic heterocycles. The summed E-state index contributed by atoms with van der Waals surface area (Å²) in [5.74, 6) is -0.115. The molecule has 0 spiro atoms. The largest absolute Gasteiger partial charge is 0.401 e. The summed E-state index contributed by atoms with van der Waals surface area (Å²) in [6.45, 7) is -0.376. The molecule has 8 heteroatoms. The molecule has 5 nitrogen and oxygen atoms in total. The van der Waals surface area contributed by atoms with Gasteiger partial charge in [0.25, 0.3) is 0 Å². The predicted molar refractivity (Wildman–Crippen MR) is 70.4 cm³/mol. The van der Waals surface area contributed by atoms with Crippen LogP contribution in [0, 0.1) is 0 Å². The first-order valence-electron chi connectivity index (χ1n) is 6.92. The van der Waals surface area contributed by atoms with Crippen molar-refractivity contribution in [2.24, 2.45) is 7.05 Å². The molecule has 0 radical (unpaired) electrons. The number of halogens is 3. The van der Waals surface area contributed by atoms with Gasteiger partial charge in [-0.2, -0.15) is 18.3 Å². The Morgan fingerprint density at radius 2 is 2.29 bits per heavy atom. The second-order valence-electron chi connectivity index (χ2n) is 5.23. The van der Waals surface area contributed by atoms with Gasteiger partial charge in [0.2, 0.25) is 5.91 Å². The smallest absolute Gasteiger partial charge is 0.335 e. The second-order valence-corrected chi connectivity index (χ2v) is 5.23. The first-order chi connectivity index (χ1) is 9.87. The lowest BCUT2D eigenvalue weighted by atomic mass is 10.1. The van der Waals surface area contributed by atoms with Gasteiger partial charge in [-0.15, -0.1) is 0 Å². The Labute approximate surface area is 121 Å². The van der Waals surface area contributed by atoms with Crippen molar-refractivity contribution in [2.45, 2.75) is 31.5 Å². The number of nitrogens with zero attached hydrogens (tertiary/aromatic N) is 3. The molecule has 1 fully saturated rings. The summed E-state index contributed by atoms with van der Waals surface area (Å²) in [5.41, 5.74) is 0.978. The van der Waals surface area contributed by atoms with Crippen molar-refractivity contribution in [3.05, 3.63) is 18.0 Å². The first-order valence-corrected chi connectivity index (χ1v) is 6.92. The van der Waals surface area contributed by atoms with Crippen LogP contribution in [0.15, 0.2) is 12.4 Å². The fraction of sp³-hybridized carbons (Fsp3) is 0.692. The van der Waals surface area contributed by atoms with Crippen molar-refractivity contribution in [3.63, 3.8) is 0 Å². The van der Waals surface area contributed by atoms with Crippen molar-refractivity contribution >= 4 is 5.91 Å². The Morgan fingerprint density at radius 1 is 1.52 bits per heavy atom. The zero-order chi connectivity index (χ0) is 15.5. The average Bonchev–Trinajstić information content (AvgIpc) is 3.01. The van der Waals surface area contributed by atoms with E-state index in [1.807, 2.05) is 13.2 Å². The monoisotopic (exact) mass is 304 g/mol. The highest BCUT2D eigenvalue weighted by Crippen LogP contribution is 2.31. The molecule has 0 aromatic carbocycles. The normalized spacial score (nSPS) is 19.2. The maximum absolute atomic E-state index is 12.1. The topological polar surface area (TPSA) is 50.2 Å². The van der Waals surface area contributed by atoms with Gasteiger partial charge in [0, 0.05) is 38.3 Å². The average molecular weight is 304 g/mol. The third-order valence-corrected chi connectivity index (χ3v) is 3.52. The number of likely N-dealkylation sites (tertiary alicyclic amines) is 1. The van der Waals surface area contributed by atoms with E-state index in [0.717, 1.165) is 18.4 Å². The van der Waals surface area contributed by atoms with Crippen LogP contribution in [0.5, 0.6) is 0 Å². The van der Waals surface area contributed by atoms with Gasteiger partial charge >= 0.3 is 6.18 Å². The van der Waals surface area contributed by atoms with Gasteiger partial charge in [-0.3, -0.25) is 9.48 Å². The fourth-order valence-corrected chi connectivity index (χ4v) is 2.59. The molecule has 2 rings (SSSR count). The van der Waals surface area contributed by atoms with E-state index in [-0.39, 0.29) is 24.9 Å². The predicted octanol–water partition coefficient (Wildman–Crippen LogP) is 1.63. The highest BCUT2D eigenvalue weighted by atomic mass is 19.4. The first kappa shape index (κ1) is 15.8. The molecule has 1 aliphatic rings. The number of alkyl halides is 3. The Kier molecular flexibility index (Phi) is 4.87. The molecule has 0 saturated carbocycles. The van der Waals surface area contributed by atoms with Crippen LogP contribution in [0.1, 0.15) is 30.9 Å². The van der Waals surface area contributed by atoms with E-state index in [9.17, 15) is 18.0 Å². The van der Waals surface area contributed by atoms with Gasteiger partial charge in [0.1, 0.15) is 0 Å². The van der Waals surface area contributed by atoms with E-state index in [4.69, 9.17) is 0 Å². The van der Waals surface area contributed by atoms with E-state index >= 15 is 0 Å². The molecule has 1 saturated heterocycles. The number of hydrogen-bond donors (Lipinski definition) is 1. The molecule has 1 amide bonds. The molecular weight excluding hydrogens is 285 g/mol. The number of carbonyl (C=O) groups excluding carboxylic acids is 1. The molecule has 118 valence electrons. The fourth-order valence-electron chi connectivity index (χ4n) is 2.59. The maximum atomic E-state index is 12.1. The van der Waals surface area contributed by atoms with Crippen LogP contribution in [0.25, 0.3) is 0 Å². The van der Waals surface area contributed by atoms with Crippen molar-refractivity contribution in [3.8, 4) is 0 Å². The molecule has 1 aromatic rings. The quantitative estimate of drug-likeness (QED) is 0.841. The molecule has 1 N–H and O–H groups in total. The lowest BCUT2D eigenvalue weighted by Crippen LogP contribution is -2.35. The second kappa shape index (κ2) is 6.46. The van der Waals surface area contributed by atoms with Gasteiger partial charge in [-0.05, 0) is 12.8 Å². The Morgan fingerprint density at radius 3 is 2.90 bits per heavy atom. The van der Waals surface area contributed by atoms with Gasteiger partial charge in [-0.1, -0.05) is 0 Å². The van der Waals surface area contributed by atoms with E-state index in [1.54, 1.807) is 15.8 Å². The molecule has 21 heavy (non-hydrogen) atoms. The summed E-state index contributed by atoms with van der Waals surface area (Å²) < 4.78 is 37.7. The number of aryl methyl sites for hydroxylation is 1. The summed E-state index contributed by atoms with van der Waals surface area (Å²) in [6.07, 6.45) is 1.22. The highest BCUT2D eigenvalue weighted by molar-refractivity contribution is 5.77. The zero-order valence-corrected chi connectivity index (χ0v) is 11.9. The Balaban J connectivity index is 1.84. The van der Waals surface area contributed by atoms with Gasteiger partial charge < -0.3 is 10.2 Å². The minimum atomic E-state index is -4.24. The molecule has 0 bridgehead atoms. The molecule has 1 aliphatic heterocycles. The lowest BCUT2D eigenvalue weighted by Gasteiger charge is -2.24. The van der Waals surface area contributed by atoms with Crippen LogP contribution >= 0.6 is 0 Å². The third kappa shape index (κ3) is 4.45. The summed E-state index contributed by atoms with van der Waals surface area (Å²) in [6, 6.07) is -0.00573. The van der Waals surface area contributed by atoms with E-state index in [2.05, 4.69) is 10.4 Å². The van der Waals surface area contributed by atoms with E-state index in [0.29, 0.717) is 6.54 Å². The van der Waals surface area contributed by atoms with Crippen molar-refractivity contribution in [1.82, 2.24) is 20.0 Å². The van der Waals surface area contributed by atoms with Crippen LogP contribution in [-0.4, -0.2) is 46.4 Å². The van der Waals surface area contributed by atoms with Crippen LogP contribution in [0.3, 0.4) is 0 Å². The number of nitrogens with one attached hydrogen (secondary N) is 1. The number of hydrogen-bond acceptors (Lipinski definition) is 3. The molecule has 2 heterocycles. The molecule has 1 atom stereocenters. The molecular formula is C13H19F3N4O. The number of aromatic nitrogens is 2. The van der Waals surface area contributed by atoms with Crippen LogP contribution in [0.4, 0.5) is 13.2 Å². The summed E-state index contributed by atoms with van der Waals surface area (Å²) in [7, 11) is 1.81. The van der Waals surface area contributed by atoms with Gasteiger partial charge in [0.15, 0.2) is 0 Å². The maximum Gasteiger partial charge on any atom is 0.401 e. The minimum Gasteiger partial charge on any atom is -0.335 e. The Hall–Kier alpha value is -1.57. The number of amides is 1. The standard InChI is InChI=1S/C13H19F3N4O/c1-19-8-10(7-18-19)11-3-2-6-20(11)12(21)4-5-17-9-13(14,15)16/h7-8,11,17H,2-6,9H2,1H3. The molecule has 1 unspecified atom stereocenters. The minimum absolute atomic E-state index is 0.00573. The number of carbonyl (C=O) groups is 1. The number of rotatable bonds is 5. The summed E-state index contributed by atoms with van der Waals surface area (Å²) in [5, 5.41) is 6.35. The van der Waals surface area contributed by atoms with E-state index in [1.165, 1.54) is 0 Å². The van der Waals surface area contributed by atoms with Crippen molar-refractivity contribution < 1.29 is 18.0 Å². The third-order valence-electron chi connectivity index (χ3n) is 3.52. The highest BCUT2D eigenvalue weighted by Gasteiger charge is 2.31. The van der Waals surface area contributed by atoms with Gasteiger partial charge in [-0.25, -0.2) is 0 Å². The van der Waals surface area contributed by atoms with Crippen molar-refractivity contribution in [2.75, 3.05) is 19.6 Å². The zero-order valence-electron chi connectivity index (χ0n) is 11.9. The van der Waals surface area contributed by atoms with Gasteiger partial charge in [0.05, 0.1) is 18.8 Å². The lowest BCUT2D eigenvalue weighted by molar-refractivity contribution is -0.133. The van der Waals surface area contributed by atoms with E-state index < -0.39 is 12.7 Å². The summed E-state index contributed by atoms with van der Waals surface area (Å²) >= 11 is 0. The molecule has 0 aliphatic carbocycles. The van der Waals surface area contributed by atoms with Crippen molar-refractivity contribution in [1.29, 1.82) is 0 Å². The van der Waals surface area contributed by atoms with Crippen LogP contribution < -0.4 is 5.32 Å². The Bertz CT molecular complexity index is 486. The summed E-state index contributed by atoms with van der Waals surface area (Å²) in [4.78, 5) is 13.9. The van der Waals surface area contributed by atoms with Crippen LogP contribution in [0.2, 0.25) is 0 Å². The SMILES string of the molecule is Cn1cc(C2CCCN2C(=O)CCNCC(F)(F)F)cn1.